The molecule has 2 atom stereocenters. The zero-order valence-corrected chi connectivity index (χ0v) is 17.3. The van der Waals surface area contributed by atoms with Crippen LogP contribution in [0.2, 0.25) is 0 Å². The number of amides is 2. The molecule has 7 heteroatoms. The predicted octanol–water partition coefficient (Wildman–Crippen LogP) is 1.84. The van der Waals surface area contributed by atoms with E-state index in [4.69, 9.17) is 11.5 Å². The molecule has 5 N–H and O–H groups in total. The molecule has 0 aromatic carbocycles. The second kappa shape index (κ2) is 6.89. The number of hydrogen-bond acceptors (Lipinski definition) is 4. The maximum Gasteiger partial charge on any atom is 0.303 e. The van der Waals surface area contributed by atoms with Gasteiger partial charge in [0.25, 0.3) is 5.91 Å². The number of carbonyl (C=O) groups excluding carboxylic acids is 2. The van der Waals surface area contributed by atoms with Gasteiger partial charge >= 0.3 is 5.91 Å². The van der Waals surface area contributed by atoms with Gasteiger partial charge in [-0.15, -0.1) is 0 Å². The molecule has 4 fully saturated rings. The number of amidine groups is 1. The average molecular weight is 412 g/mol. The molecule has 7 nitrogen and oxygen atoms in total. The van der Waals surface area contributed by atoms with Crippen LogP contribution in [0.15, 0.2) is 40.8 Å². The summed E-state index contributed by atoms with van der Waals surface area (Å²) in [4.78, 5) is 28.2. The van der Waals surface area contributed by atoms with E-state index >= 15 is 0 Å². The van der Waals surface area contributed by atoms with Gasteiger partial charge in [0.05, 0.1) is 0 Å². The van der Waals surface area contributed by atoms with E-state index < -0.39 is 17.9 Å². The smallest absolute Gasteiger partial charge is 0.303 e. The summed E-state index contributed by atoms with van der Waals surface area (Å²) in [6.07, 6.45) is 15.8. The molecule has 2 heterocycles. The highest BCUT2D eigenvalue weighted by Gasteiger charge is 2.51. The number of allylic oxidation sites excluding steroid dienone is 2. The Bertz CT molecular complexity index is 880. The van der Waals surface area contributed by atoms with E-state index in [-0.39, 0.29) is 16.7 Å². The van der Waals surface area contributed by atoms with Gasteiger partial charge in [-0.3, -0.25) is 9.59 Å². The van der Waals surface area contributed by atoms with E-state index in [0.717, 1.165) is 24.2 Å². The van der Waals surface area contributed by atoms with Gasteiger partial charge in [0.1, 0.15) is 18.8 Å². The minimum Gasteiger partial charge on any atom is -0.387 e. The fraction of sp³-hybridized carbons (Fsp3) is 0.609. The predicted molar refractivity (Wildman–Crippen MR) is 112 cm³/mol. The fourth-order valence-corrected chi connectivity index (χ4v) is 7.37. The third-order valence-electron chi connectivity index (χ3n) is 8.09. The Morgan fingerprint density at radius 3 is 2.33 bits per heavy atom. The maximum atomic E-state index is 12.2. The number of carbonyl (C=O) groups is 2. The number of nitrogens with zero attached hydrogens (tertiary/aromatic N) is 2. The van der Waals surface area contributed by atoms with Crippen molar-refractivity contribution in [3.05, 3.63) is 35.8 Å². The molecule has 6 aliphatic rings. The number of quaternary nitrogens is 1. The van der Waals surface area contributed by atoms with Crippen molar-refractivity contribution >= 4 is 17.6 Å². The van der Waals surface area contributed by atoms with Crippen molar-refractivity contribution < 1.29 is 19.2 Å². The first-order valence-corrected chi connectivity index (χ1v) is 11.2. The minimum absolute atomic E-state index is 0.0944. The summed E-state index contributed by atoms with van der Waals surface area (Å²) >= 11 is 0. The molecular weight excluding hydrogens is 380 g/mol. The first-order chi connectivity index (χ1) is 14.3. The second-order valence-corrected chi connectivity index (χ2v) is 10.3. The Morgan fingerprint density at radius 2 is 1.77 bits per heavy atom. The Balaban J connectivity index is 1.34. The third kappa shape index (κ3) is 3.15. The van der Waals surface area contributed by atoms with E-state index in [9.17, 15) is 14.7 Å². The van der Waals surface area contributed by atoms with Crippen molar-refractivity contribution in [2.45, 2.75) is 57.5 Å². The van der Waals surface area contributed by atoms with E-state index in [1.165, 1.54) is 38.5 Å². The van der Waals surface area contributed by atoms with Crippen molar-refractivity contribution in [3.8, 4) is 0 Å². The lowest BCUT2D eigenvalue weighted by Crippen LogP contribution is -2.53. The van der Waals surface area contributed by atoms with Gasteiger partial charge in [0, 0.05) is 12.2 Å². The van der Waals surface area contributed by atoms with Crippen molar-refractivity contribution in [2.75, 3.05) is 6.54 Å². The Labute approximate surface area is 176 Å². The number of hydrogen-bond donors (Lipinski definition) is 3. The summed E-state index contributed by atoms with van der Waals surface area (Å²) in [5, 5.41) is 11.0. The molecule has 0 spiro atoms. The zero-order chi connectivity index (χ0) is 21.1. The van der Waals surface area contributed by atoms with Gasteiger partial charge < -0.3 is 16.6 Å². The molecule has 2 amide bonds. The SMILES string of the molecule is NC(=O)C1=C[N+]2(CC(O)CCC34CC5CC(CC(C5)C3)C4)C(C(N)=O)=CC=CC2=N1. The van der Waals surface area contributed by atoms with Crippen LogP contribution >= 0.6 is 0 Å². The molecule has 0 aromatic heterocycles. The lowest BCUT2D eigenvalue weighted by Gasteiger charge is -2.57. The largest absolute Gasteiger partial charge is 0.387 e. The highest BCUT2D eigenvalue weighted by atomic mass is 16.3. The van der Waals surface area contributed by atoms with Crippen molar-refractivity contribution in [1.82, 2.24) is 0 Å². The van der Waals surface area contributed by atoms with Crippen molar-refractivity contribution in [2.24, 2.45) is 39.6 Å². The lowest BCUT2D eigenvalue weighted by molar-refractivity contribution is -0.744. The summed E-state index contributed by atoms with van der Waals surface area (Å²) < 4.78 is -0.133. The normalized spacial score (nSPS) is 39.2. The van der Waals surface area contributed by atoms with Crippen LogP contribution in [-0.2, 0) is 9.59 Å². The van der Waals surface area contributed by atoms with Crippen LogP contribution in [0.5, 0.6) is 0 Å². The minimum atomic E-state index is -0.658. The van der Waals surface area contributed by atoms with Crippen LogP contribution in [0.3, 0.4) is 0 Å². The maximum absolute atomic E-state index is 12.2. The van der Waals surface area contributed by atoms with Crippen molar-refractivity contribution in [1.29, 1.82) is 0 Å². The van der Waals surface area contributed by atoms with E-state index in [1.54, 1.807) is 24.4 Å². The quantitative estimate of drug-likeness (QED) is 0.555. The molecule has 2 unspecified atom stereocenters. The van der Waals surface area contributed by atoms with E-state index in [0.29, 0.717) is 23.4 Å². The topological polar surface area (TPSA) is 119 Å². The molecule has 160 valence electrons. The van der Waals surface area contributed by atoms with Crippen LogP contribution in [0, 0.1) is 23.2 Å². The number of aliphatic imine (C=N–C) groups is 1. The van der Waals surface area contributed by atoms with E-state index in [2.05, 4.69) is 4.99 Å². The molecule has 4 bridgehead atoms. The van der Waals surface area contributed by atoms with Crippen LogP contribution in [0.25, 0.3) is 0 Å². The fourth-order valence-electron chi connectivity index (χ4n) is 7.37. The van der Waals surface area contributed by atoms with Gasteiger partial charge in [-0.2, -0.15) is 4.99 Å². The van der Waals surface area contributed by atoms with E-state index in [1.807, 2.05) is 0 Å². The highest BCUT2D eigenvalue weighted by molar-refractivity contribution is 6.04. The molecule has 0 radical (unpaired) electrons. The number of aliphatic hydroxyl groups excluding tert-OH is 1. The first kappa shape index (κ1) is 19.7. The van der Waals surface area contributed by atoms with Crippen LogP contribution < -0.4 is 11.5 Å². The first-order valence-electron chi connectivity index (χ1n) is 11.2. The van der Waals surface area contributed by atoms with Crippen LogP contribution in [0.4, 0.5) is 0 Å². The number of fused-ring (bicyclic) bond motifs is 1. The summed E-state index contributed by atoms with van der Waals surface area (Å²) in [6.45, 7) is 0.223. The van der Waals surface area contributed by atoms with Gasteiger partial charge in [-0.05, 0) is 80.6 Å². The number of primary amides is 2. The molecule has 0 aromatic rings. The molecular formula is C23H31N4O3+. The van der Waals surface area contributed by atoms with Gasteiger partial charge in [-0.25, -0.2) is 4.48 Å². The van der Waals surface area contributed by atoms with Gasteiger partial charge in [0.2, 0.25) is 11.5 Å². The lowest BCUT2D eigenvalue weighted by atomic mass is 9.48. The average Bonchev–Trinajstić information content (AvgIpc) is 3.04. The molecule has 4 aliphatic carbocycles. The highest BCUT2D eigenvalue weighted by Crippen LogP contribution is 2.61. The van der Waals surface area contributed by atoms with Gasteiger partial charge in [-0.1, -0.05) is 0 Å². The molecule has 0 saturated heterocycles. The third-order valence-corrected chi connectivity index (χ3v) is 8.09. The standard InChI is InChI=1S/C23H30N4O3/c24-21(29)18-13-27(19(22(25)30)2-1-3-20(27)26-18)12-17(28)4-5-23-9-14-6-15(10-23)8-16(7-14)11-23/h1-3,13-17,28H,4-12H2,(H3-,24,25,29,30)/p+1. The Morgan fingerprint density at radius 1 is 1.13 bits per heavy atom. The van der Waals surface area contributed by atoms with Crippen molar-refractivity contribution in [3.63, 3.8) is 0 Å². The molecule has 4 saturated carbocycles. The summed E-state index contributed by atoms with van der Waals surface area (Å²) in [5.74, 6) is 1.88. The summed E-state index contributed by atoms with van der Waals surface area (Å²) in [7, 11) is 0. The molecule has 6 rings (SSSR count). The van der Waals surface area contributed by atoms with Crippen LogP contribution in [-0.4, -0.2) is 39.9 Å². The summed E-state index contributed by atoms with van der Waals surface area (Å²) in [6, 6.07) is 0. The van der Waals surface area contributed by atoms with Gasteiger partial charge in [0.15, 0.2) is 5.70 Å². The monoisotopic (exact) mass is 411 g/mol. The Hall–Kier alpha value is -2.25. The number of rotatable bonds is 7. The number of nitrogens with two attached hydrogens (primary N) is 2. The molecule has 30 heavy (non-hydrogen) atoms. The zero-order valence-electron chi connectivity index (χ0n) is 17.3. The Kier molecular flexibility index (Phi) is 4.52. The van der Waals surface area contributed by atoms with Crippen LogP contribution in [0.1, 0.15) is 51.4 Å². The summed E-state index contributed by atoms with van der Waals surface area (Å²) in [5.41, 5.74) is 11.9. The molecule has 2 aliphatic heterocycles. The number of aliphatic hydroxyl groups is 1. The second-order valence-electron chi connectivity index (χ2n) is 10.3.